The van der Waals surface area contributed by atoms with E-state index >= 15 is 0 Å². The van der Waals surface area contributed by atoms with E-state index in [9.17, 15) is 19.5 Å². The maximum absolute atomic E-state index is 13.5. The van der Waals surface area contributed by atoms with Crippen LogP contribution in [0.15, 0.2) is 79.0 Å². The standard InChI is InChI=1S/C35H43N5O5/c1-24(27-16-8-11-19-32(27)45-23-26-14-6-3-7-15-26)37-34(42)31-20-30(35(43)44)39-40(31)22-33(41)38-29-18-10-9-17-28(29)36-21-25-12-4-2-5-13-25/h2-7,12-15,20,27-29,32,36H,1,8-11,16-19,21-23H2,(H,37,42)(H,38,41)(H,43,44)/t27-,28+,29+,32+/m1/s1. The number of amides is 2. The van der Waals surface area contributed by atoms with E-state index in [1.54, 1.807) is 0 Å². The predicted molar refractivity (Wildman–Crippen MR) is 170 cm³/mol. The monoisotopic (exact) mass is 613 g/mol. The first kappa shape index (κ1) is 32.1. The van der Waals surface area contributed by atoms with Gasteiger partial charge in [-0.3, -0.25) is 9.59 Å². The Morgan fingerprint density at radius 2 is 1.53 bits per heavy atom. The lowest BCUT2D eigenvalue weighted by Crippen LogP contribution is -2.52. The van der Waals surface area contributed by atoms with E-state index in [1.807, 2.05) is 48.5 Å². The van der Waals surface area contributed by atoms with Crippen molar-refractivity contribution in [3.8, 4) is 0 Å². The first-order chi connectivity index (χ1) is 21.9. The molecule has 2 fully saturated rings. The minimum atomic E-state index is -1.28. The Bertz CT molecular complexity index is 1460. The molecule has 0 spiro atoms. The molecule has 1 aromatic heterocycles. The van der Waals surface area contributed by atoms with Crippen LogP contribution in [0.25, 0.3) is 0 Å². The number of nitrogens with zero attached hydrogens (tertiary/aromatic N) is 2. The molecule has 0 aliphatic heterocycles. The van der Waals surface area contributed by atoms with Gasteiger partial charge in [-0.1, -0.05) is 92.9 Å². The highest BCUT2D eigenvalue weighted by Gasteiger charge is 2.31. The summed E-state index contributed by atoms with van der Waals surface area (Å²) >= 11 is 0. The van der Waals surface area contributed by atoms with Crippen molar-refractivity contribution >= 4 is 17.8 Å². The van der Waals surface area contributed by atoms with Crippen LogP contribution in [-0.2, 0) is 29.2 Å². The van der Waals surface area contributed by atoms with Crippen molar-refractivity contribution in [1.82, 2.24) is 25.7 Å². The number of carbonyl (C=O) groups is 3. The van der Waals surface area contributed by atoms with Gasteiger partial charge in [0.15, 0.2) is 5.69 Å². The number of aromatic nitrogens is 2. The summed E-state index contributed by atoms with van der Waals surface area (Å²) in [6, 6.07) is 21.3. The highest BCUT2D eigenvalue weighted by atomic mass is 16.5. The third-order valence-electron chi connectivity index (χ3n) is 8.78. The van der Waals surface area contributed by atoms with E-state index in [1.165, 1.54) is 16.3 Å². The lowest BCUT2D eigenvalue weighted by atomic mass is 9.84. The van der Waals surface area contributed by atoms with Crippen molar-refractivity contribution < 1.29 is 24.2 Å². The Balaban J connectivity index is 1.21. The third kappa shape index (κ3) is 8.89. The van der Waals surface area contributed by atoms with Crippen LogP contribution in [0, 0.1) is 5.92 Å². The van der Waals surface area contributed by atoms with E-state index in [2.05, 4.69) is 39.8 Å². The van der Waals surface area contributed by atoms with Gasteiger partial charge in [0.05, 0.1) is 12.7 Å². The van der Waals surface area contributed by atoms with Crippen LogP contribution in [0.4, 0.5) is 0 Å². The van der Waals surface area contributed by atoms with Crippen LogP contribution in [0.3, 0.4) is 0 Å². The van der Waals surface area contributed by atoms with Crippen molar-refractivity contribution in [2.75, 3.05) is 0 Å². The van der Waals surface area contributed by atoms with Gasteiger partial charge in [-0.15, -0.1) is 0 Å². The van der Waals surface area contributed by atoms with Crippen molar-refractivity contribution in [3.63, 3.8) is 0 Å². The Hall–Kier alpha value is -4.28. The second-order valence-electron chi connectivity index (χ2n) is 12.0. The smallest absolute Gasteiger partial charge is 0.356 e. The largest absolute Gasteiger partial charge is 0.476 e. The van der Waals surface area contributed by atoms with E-state index < -0.39 is 11.9 Å². The molecule has 45 heavy (non-hydrogen) atoms. The zero-order chi connectivity index (χ0) is 31.6. The number of rotatable bonds is 13. The summed E-state index contributed by atoms with van der Waals surface area (Å²) in [5.41, 5.74) is 2.45. The molecule has 5 rings (SSSR count). The maximum Gasteiger partial charge on any atom is 0.356 e. The first-order valence-electron chi connectivity index (χ1n) is 15.9. The Morgan fingerprint density at radius 1 is 0.889 bits per heavy atom. The minimum absolute atomic E-state index is 0.0105. The van der Waals surface area contributed by atoms with Gasteiger partial charge in [0, 0.05) is 36.3 Å². The summed E-state index contributed by atoms with van der Waals surface area (Å²) in [5.74, 6) is -2.25. The van der Waals surface area contributed by atoms with Gasteiger partial charge in [0.2, 0.25) is 5.91 Å². The Morgan fingerprint density at radius 3 is 2.24 bits per heavy atom. The van der Waals surface area contributed by atoms with Gasteiger partial charge in [-0.25, -0.2) is 9.48 Å². The number of nitrogens with one attached hydrogen (secondary N) is 3. The van der Waals surface area contributed by atoms with E-state index in [4.69, 9.17) is 4.74 Å². The number of carboxylic acid groups (broad SMARTS) is 1. The molecule has 10 nitrogen and oxygen atoms in total. The molecule has 0 saturated heterocycles. The SMILES string of the molecule is C=C(NC(=O)c1cc(C(=O)O)nn1CC(=O)N[C@H]1CCCC[C@@H]1NCc1ccccc1)[C@H]1CCCC[C@@H]1OCc1ccccc1. The normalized spacial score (nSPS) is 21.5. The molecule has 2 aliphatic rings. The van der Waals surface area contributed by atoms with Gasteiger partial charge in [0.25, 0.3) is 5.91 Å². The molecule has 0 bridgehead atoms. The predicted octanol–water partition coefficient (Wildman–Crippen LogP) is 4.82. The van der Waals surface area contributed by atoms with Gasteiger partial charge in [-0.05, 0) is 36.8 Å². The Labute approximate surface area is 264 Å². The second kappa shape index (κ2) is 15.6. The molecule has 1 heterocycles. The molecule has 2 amide bonds. The van der Waals surface area contributed by atoms with Crippen molar-refractivity contribution in [2.24, 2.45) is 5.92 Å². The molecule has 2 aliphatic carbocycles. The summed E-state index contributed by atoms with van der Waals surface area (Å²) in [6.45, 7) is 5.05. The maximum atomic E-state index is 13.5. The van der Waals surface area contributed by atoms with Crippen molar-refractivity contribution in [2.45, 2.75) is 89.3 Å². The number of hydrogen-bond donors (Lipinski definition) is 4. The molecule has 3 aromatic rings. The van der Waals surface area contributed by atoms with Gasteiger partial charge < -0.3 is 25.8 Å². The number of carboxylic acids is 1. The average molecular weight is 614 g/mol. The van der Waals surface area contributed by atoms with E-state index in [0.717, 1.165) is 56.9 Å². The van der Waals surface area contributed by atoms with Gasteiger partial charge in [0.1, 0.15) is 12.2 Å². The van der Waals surface area contributed by atoms with Crippen LogP contribution >= 0.6 is 0 Å². The summed E-state index contributed by atoms with van der Waals surface area (Å²) in [6.07, 6.45) is 7.46. The van der Waals surface area contributed by atoms with Crippen LogP contribution in [0.2, 0.25) is 0 Å². The van der Waals surface area contributed by atoms with E-state index in [0.29, 0.717) is 18.8 Å². The summed E-state index contributed by atoms with van der Waals surface area (Å²) in [4.78, 5) is 38.5. The molecule has 2 aromatic carbocycles. The summed E-state index contributed by atoms with van der Waals surface area (Å²) in [7, 11) is 0. The molecule has 0 radical (unpaired) electrons. The van der Waals surface area contributed by atoms with Gasteiger partial charge in [-0.2, -0.15) is 5.10 Å². The summed E-state index contributed by atoms with van der Waals surface area (Å²) < 4.78 is 7.43. The zero-order valence-corrected chi connectivity index (χ0v) is 25.6. The number of carbonyl (C=O) groups excluding carboxylic acids is 2. The van der Waals surface area contributed by atoms with Crippen LogP contribution in [0.1, 0.15) is 83.5 Å². The molecule has 10 heteroatoms. The summed E-state index contributed by atoms with van der Waals surface area (Å²) in [5, 5.41) is 23.3. The number of benzene rings is 2. The zero-order valence-electron chi connectivity index (χ0n) is 25.6. The fourth-order valence-corrected chi connectivity index (χ4v) is 6.38. The molecule has 238 valence electrons. The highest BCUT2D eigenvalue weighted by molar-refractivity contribution is 5.97. The quantitative estimate of drug-likeness (QED) is 0.217. The molecule has 0 unspecified atom stereocenters. The highest BCUT2D eigenvalue weighted by Crippen LogP contribution is 2.31. The van der Waals surface area contributed by atoms with Crippen molar-refractivity contribution in [1.29, 1.82) is 0 Å². The number of hydrogen-bond acceptors (Lipinski definition) is 6. The lowest BCUT2D eigenvalue weighted by Gasteiger charge is -2.33. The van der Waals surface area contributed by atoms with Gasteiger partial charge >= 0.3 is 5.97 Å². The number of ether oxygens (including phenoxy) is 1. The second-order valence-corrected chi connectivity index (χ2v) is 12.0. The molecular weight excluding hydrogens is 570 g/mol. The number of aromatic carboxylic acids is 1. The lowest BCUT2D eigenvalue weighted by molar-refractivity contribution is -0.123. The molecular formula is C35H43N5O5. The van der Waals surface area contributed by atoms with E-state index in [-0.39, 0.29) is 47.9 Å². The first-order valence-corrected chi connectivity index (χ1v) is 15.9. The minimum Gasteiger partial charge on any atom is -0.476 e. The van der Waals surface area contributed by atoms with Crippen molar-refractivity contribution in [3.05, 3.63) is 102 Å². The molecule has 4 atom stereocenters. The van der Waals surface area contributed by atoms with Crippen LogP contribution in [-0.4, -0.2) is 50.9 Å². The average Bonchev–Trinajstić information content (AvgIpc) is 3.48. The van der Waals surface area contributed by atoms with Crippen LogP contribution in [0.5, 0.6) is 0 Å². The molecule has 2 saturated carbocycles. The van der Waals surface area contributed by atoms with Crippen LogP contribution < -0.4 is 16.0 Å². The Kier molecular flexibility index (Phi) is 11.2. The fourth-order valence-electron chi connectivity index (χ4n) is 6.38. The molecule has 4 N–H and O–H groups in total. The fraction of sp³-hybridized carbons (Fsp3) is 0.429. The third-order valence-corrected chi connectivity index (χ3v) is 8.78. The topological polar surface area (TPSA) is 135 Å².